The van der Waals surface area contributed by atoms with Crippen LogP contribution in [0.15, 0.2) is 29.1 Å². The monoisotopic (exact) mass is 247 g/mol. The topological polar surface area (TPSA) is 84.2 Å². The van der Waals surface area contributed by atoms with Crippen LogP contribution in [0.4, 0.5) is 5.82 Å². The van der Waals surface area contributed by atoms with Crippen molar-refractivity contribution in [2.75, 3.05) is 5.32 Å². The third-order valence-electron chi connectivity index (χ3n) is 2.60. The molecule has 1 heterocycles. The highest BCUT2D eigenvalue weighted by Crippen LogP contribution is 2.10. The first-order chi connectivity index (χ1) is 8.50. The average molecular weight is 247 g/mol. The lowest BCUT2D eigenvalue weighted by Gasteiger charge is -2.09. The summed E-state index contributed by atoms with van der Waals surface area (Å²) in [6.45, 7) is 1.32. The maximum absolute atomic E-state index is 11.9. The first kappa shape index (κ1) is 12.3. The standard InChI is InChI=1S/C12H13N3O3/c1-7(16)11(17)14-10-12(18)15(2)9-6-4-3-5-8(9)13-10/h3-7,16H,1-2H3,(H,13,14,17). The number of aliphatic hydroxyl groups excluding tert-OH is 1. The Morgan fingerprint density at radius 3 is 2.78 bits per heavy atom. The summed E-state index contributed by atoms with van der Waals surface area (Å²) >= 11 is 0. The van der Waals surface area contributed by atoms with Crippen molar-refractivity contribution in [2.45, 2.75) is 13.0 Å². The molecule has 94 valence electrons. The van der Waals surface area contributed by atoms with E-state index in [0.717, 1.165) is 0 Å². The van der Waals surface area contributed by atoms with Crippen molar-refractivity contribution >= 4 is 22.8 Å². The lowest BCUT2D eigenvalue weighted by Crippen LogP contribution is -2.31. The van der Waals surface area contributed by atoms with Crippen LogP contribution in [0.1, 0.15) is 6.92 Å². The SMILES string of the molecule is CC(O)C(=O)Nc1nc2ccccc2n(C)c1=O. The van der Waals surface area contributed by atoms with Crippen molar-refractivity contribution in [3.05, 3.63) is 34.6 Å². The molecule has 6 heteroatoms. The van der Waals surface area contributed by atoms with E-state index in [1.807, 2.05) is 0 Å². The molecule has 0 bridgehead atoms. The van der Waals surface area contributed by atoms with E-state index in [4.69, 9.17) is 5.11 Å². The molecule has 0 aliphatic heterocycles. The summed E-state index contributed by atoms with van der Waals surface area (Å²) in [4.78, 5) is 27.4. The Morgan fingerprint density at radius 2 is 2.11 bits per heavy atom. The van der Waals surface area contributed by atoms with Gasteiger partial charge >= 0.3 is 0 Å². The van der Waals surface area contributed by atoms with Crippen LogP contribution < -0.4 is 10.9 Å². The van der Waals surface area contributed by atoms with Crippen molar-refractivity contribution in [3.63, 3.8) is 0 Å². The molecule has 0 fully saturated rings. The Morgan fingerprint density at radius 1 is 1.44 bits per heavy atom. The van der Waals surface area contributed by atoms with Crippen LogP contribution in [-0.4, -0.2) is 26.7 Å². The minimum Gasteiger partial charge on any atom is -0.384 e. The number of para-hydroxylation sites is 2. The molecule has 2 N–H and O–H groups in total. The van der Waals surface area contributed by atoms with E-state index in [2.05, 4.69) is 10.3 Å². The van der Waals surface area contributed by atoms with E-state index in [0.29, 0.717) is 11.0 Å². The van der Waals surface area contributed by atoms with Crippen LogP contribution in [0.25, 0.3) is 11.0 Å². The summed E-state index contributed by atoms with van der Waals surface area (Å²) in [5.41, 5.74) is 0.862. The van der Waals surface area contributed by atoms with Crippen molar-refractivity contribution in [1.29, 1.82) is 0 Å². The van der Waals surface area contributed by atoms with Gasteiger partial charge in [0.1, 0.15) is 6.10 Å². The number of aryl methyl sites for hydroxylation is 1. The third-order valence-corrected chi connectivity index (χ3v) is 2.60. The van der Waals surface area contributed by atoms with Crippen molar-refractivity contribution in [2.24, 2.45) is 7.05 Å². The highest BCUT2D eigenvalue weighted by molar-refractivity contribution is 5.93. The van der Waals surface area contributed by atoms with Gasteiger partial charge in [0.15, 0.2) is 5.82 Å². The number of hydrogen-bond donors (Lipinski definition) is 2. The number of aromatic nitrogens is 2. The predicted molar refractivity (Wildman–Crippen MR) is 67.3 cm³/mol. The molecule has 1 aromatic carbocycles. The number of anilines is 1. The zero-order chi connectivity index (χ0) is 13.3. The number of carbonyl (C=O) groups excluding carboxylic acids is 1. The van der Waals surface area contributed by atoms with E-state index in [-0.39, 0.29) is 5.82 Å². The summed E-state index contributed by atoms with van der Waals surface area (Å²) in [7, 11) is 1.60. The molecule has 0 aliphatic rings. The number of rotatable bonds is 2. The molecular weight excluding hydrogens is 234 g/mol. The van der Waals surface area contributed by atoms with E-state index in [1.54, 1.807) is 31.3 Å². The Hall–Kier alpha value is -2.21. The van der Waals surface area contributed by atoms with Crippen molar-refractivity contribution in [3.8, 4) is 0 Å². The fourth-order valence-corrected chi connectivity index (χ4v) is 1.58. The molecule has 2 aromatic rings. The molecule has 0 aliphatic carbocycles. The minimum absolute atomic E-state index is 0.0814. The summed E-state index contributed by atoms with van der Waals surface area (Å²) < 4.78 is 1.40. The molecule has 1 amide bonds. The van der Waals surface area contributed by atoms with Gasteiger partial charge in [-0.05, 0) is 19.1 Å². The second kappa shape index (κ2) is 4.58. The predicted octanol–water partition coefficient (Wildman–Crippen LogP) is 0.253. The number of amides is 1. The van der Waals surface area contributed by atoms with Gasteiger partial charge in [-0.3, -0.25) is 9.59 Å². The number of aliphatic hydroxyl groups is 1. The normalized spacial score (nSPS) is 12.4. The van der Waals surface area contributed by atoms with Gasteiger partial charge in [-0.1, -0.05) is 12.1 Å². The van der Waals surface area contributed by atoms with Gasteiger partial charge in [0.25, 0.3) is 11.5 Å². The Labute approximate surface area is 103 Å². The second-order valence-corrected chi connectivity index (χ2v) is 3.98. The van der Waals surface area contributed by atoms with E-state index < -0.39 is 17.6 Å². The van der Waals surface area contributed by atoms with Crippen LogP contribution in [-0.2, 0) is 11.8 Å². The largest absolute Gasteiger partial charge is 0.384 e. The fraction of sp³-hybridized carbons (Fsp3) is 0.250. The van der Waals surface area contributed by atoms with Gasteiger partial charge in [0.2, 0.25) is 0 Å². The number of nitrogens with one attached hydrogen (secondary N) is 1. The molecule has 1 unspecified atom stereocenters. The van der Waals surface area contributed by atoms with Gasteiger partial charge in [-0.25, -0.2) is 4.98 Å². The molecule has 1 atom stereocenters. The average Bonchev–Trinajstić information content (AvgIpc) is 2.35. The highest BCUT2D eigenvalue weighted by atomic mass is 16.3. The number of carbonyl (C=O) groups is 1. The quantitative estimate of drug-likeness (QED) is 0.797. The summed E-state index contributed by atoms with van der Waals surface area (Å²) in [5.74, 6) is -0.739. The van der Waals surface area contributed by atoms with Gasteiger partial charge in [-0.15, -0.1) is 0 Å². The molecule has 18 heavy (non-hydrogen) atoms. The van der Waals surface area contributed by atoms with Gasteiger partial charge in [0, 0.05) is 7.05 Å². The minimum atomic E-state index is -1.19. The zero-order valence-corrected chi connectivity index (χ0v) is 10.0. The summed E-state index contributed by atoms with van der Waals surface area (Å²) in [6, 6.07) is 7.11. The third kappa shape index (κ3) is 2.10. The second-order valence-electron chi connectivity index (χ2n) is 3.98. The smallest absolute Gasteiger partial charge is 0.293 e. The number of hydrogen-bond acceptors (Lipinski definition) is 4. The maximum Gasteiger partial charge on any atom is 0.293 e. The number of nitrogens with zero attached hydrogens (tertiary/aromatic N) is 2. The highest BCUT2D eigenvalue weighted by Gasteiger charge is 2.14. The van der Waals surface area contributed by atoms with Gasteiger partial charge in [-0.2, -0.15) is 0 Å². The first-order valence-corrected chi connectivity index (χ1v) is 5.45. The first-order valence-electron chi connectivity index (χ1n) is 5.45. The molecule has 6 nitrogen and oxygen atoms in total. The molecule has 0 radical (unpaired) electrons. The molecule has 2 rings (SSSR count). The number of benzene rings is 1. The molecular formula is C12H13N3O3. The van der Waals surface area contributed by atoms with Gasteiger partial charge in [0.05, 0.1) is 11.0 Å². The molecule has 0 saturated carbocycles. The molecule has 0 saturated heterocycles. The Bertz CT molecular complexity index is 661. The molecule has 0 spiro atoms. The zero-order valence-electron chi connectivity index (χ0n) is 10.0. The lowest BCUT2D eigenvalue weighted by atomic mass is 10.3. The number of fused-ring (bicyclic) bond motifs is 1. The Kier molecular flexibility index (Phi) is 3.12. The van der Waals surface area contributed by atoms with E-state index in [9.17, 15) is 9.59 Å². The van der Waals surface area contributed by atoms with Crippen LogP contribution in [0.5, 0.6) is 0 Å². The maximum atomic E-state index is 11.9. The van der Waals surface area contributed by atoms with Crippen molar-refractivity contribution < 1.29 is 9.90 Å². The van der Waals surface area contributed by atoms with Crippen LogP contribution >= 0.6 is 0 Å². The Balaban J connectivity index is 2.56. The van der Waals surface area contributed by atoms with E-state index in [1.165, 1.54) is 11.5 Å². The van der Waals surface area contributed by atoms with Crippen LogP contribution in [0, 0.1) is 0 Å². The summed E-state index contributed by atoms with van der Waals surface area (Å²) in [5, 5.41) is 11.4. The van der Waals surface area contributed by atoms with Crippen LogP contribution in [0.2, 0.25) is 0 Å². The van der Waals surface area contributed by atoms with Gasteiger partial charge < -0.3 is 15.0 Å². The molecule has 1 aromatic heterocycles. The fourth-order valence-electron chi connectivity index (χ4n) is 1.58. The van der Waals surface area contributed by atoms with E-state index >= 15 is 0 Å². The van der Waals surface area contributed by atoms with Crippen LogP contribution in [0.3, 0.4) is 0 Å². The lowest BCUT2D eigenvalue weighted by molar-refractivity contribution is -0.123. The van der Waals surface area contributed by atoms with Crippen molar-refractivity contribution in [1.82, 2.24) is 9.55 Å². The summed E-state index contributed by atoms with van der Waals surface area (Å²) in [6.07, 6.45) is -1.19.